The molecule has 1 atom stereocenters. The Bertz CT molecular complexity index is 466. The Hall–Kier alpha value is -1.74. The fraction of sp³-hybridized carbons (Fsp3) is 0.214. The molecule has 0 saturated carbocycles. The smallest absolute Gasteiger partial charge is 0.146 e. The number of nitrogens with one attached hydrogen (secondary N) is 1. The van der Waals surface area contributed by atoms with Crippen LogP contribution in [-0.4, -0.2) is 12.0 Å². The number of hydrogen-bond acceptors (Lipinski definition) is 2. The third kappa shape index (κ3) is 2.34. The summed E-state index contributed by atoms with van der Waals surface area (Å²) in [6, 6.07) is 9.55. The van der Waals surface area contributed by atoms with Gasteiger partial charge in [0.15, 0.2) is 0 Å². The largest absolute Gasteiger partial charge is 0.309 e. The van der Waals surface area contributed by atoms with Gasteiger partial charge in [0.2, 0.25) is 0 Å². The third-order valence-electron chi connectivity index (χ3n) is 2.90. The van der Waals surface area contributed by atoms with Gasteiger partial charge in [0.1, 0.15) is 5.82 Å². The molecule has 0 spiro atoms. The molecule has 2 aromatic rings. The van der Waals surface area contributed by atoms with Crippen molar-refractivity contribution in [3.63, 3.8) is 0 Å². The van der Waals surface area contributed by atoms with Gasteiger partial charge >= 0.3 is 0 Å². The van der Waals surface area contributed by atoms with Gasteiger partial charge in [-0.05, 0) is 31.2 Å². The Morgan fingerprint density at radius 3 is 2.59 bits per heavy atom. The molecule has 0 saturated heterocycles. The molecule has 3 heteroatoms. The van der Waals surface area contributed by atoms with Gasteiger partial charge in [0.25, 0.3) is 0 Å². The van der Waals surface area contributed by atoms with Crippen molar-refractivity contribution >= 4 is 0 Å². The molecule has 1 aromatic heterocycles. The molecule has 0 radical (unpaired) electrons. The maximum atomic E-state index is 13.7. The molecule has 0 bridgehead atoms. The van der Waals surface area contributed by atoms with Gasteiger partial charge in [-0.2, -0.15) is 0 Å². The molecule has 2 rings (SSSR count). The molecule has 0 amide bonds. The molecule has 0 fully saturated rings. The predicted molar refractivity (Wildman–Crippen MR) is 66.3 cm³/mol. The number of benzene rings is 1. The Morgan fingerprint density at radius 1 is 1.18 bits per heavy atom. The first-order chi connectivity index (χ1) is 8.24. The number of aromatic nitrogens is 1. The van der Waals surface area contributed by atoms with E-state index in [0.717, 1.165) is 11.1 Å². The van der Waals surface area contributed by atoms with Crippen LogP contribution < -0.4 is 5.32 Å². The topological polar surface area (TPSA) is 24.9 Å². The van der Waals surface area contributed by atoms with Crippen molar-refractivity contribution in [3.8, 4) is 0 Å². The molecule has 2 nitrogen and oxygen atoms in total. The van der Waals surface area contributed by atoms with Gasteiger partial charge < -0.3 is 5.32 Å². The van der Waals surface area contributed by atoms with Crippen LogP contribution in [0.15, 0.2) is 42.7 Å². The summed E-state index contributed by atoms with van der Waals surface area (Å²) in [6.45, 7) is 2.03. The van der Waals surface area contributed by atoms with Crippen LogP contribution in [0, 0.1) is 12.7 Å². The molecule has 1 heterocycles. The maximum absolute atomic E-state index is 13.7. The first-order valence-electron chi connectivity index (χ1n) is 5.56. The molecule has 1 N–H and O–H groups in total. The van der Waals surface area contributed by atoms with Crippen LogP contribution >= 0.6 is 0 Å². The fourth-order valence-corrected chi connectivity index (χ4v) is 2.01. The zero-order chi connectivity index (χ0) is 12.3. The van der Waals surface area contributed by atoms with E-state index in [4.69, 9.17) is 0 Å². The molecule has 0 aliphatic rings. The first kappa shape index (κ1) is 11.7. The minimum Gasteiger partial charge on any atom is -0.309 e. The lowest BCUT2D eigenvalue weighted by atomic mass is 9.95. The summed E-state index contributed by atoms with van der Waals surface area (Å²) in [6.07, 6.45) is 2.86. The van der Waals surface area contributed by atoms with E-state index in [-0.39, 0.29) is 11.9 Å². The lowest BCUT2D eigenvalue weighted by molar-refractivity contribution is 0.570. The van der Waals surface area contributed by atoms with Gasteiger partial charge in [0, 0.05) is 11.8 Å². The lowest BCUT2D eigenvalue weighted by Gasteiger charge is -2.19. The first-order valence-corrected chi connectivity index (χ1v) is 5.56. The number of hydrogen-bond donors (Lipinski definition) is 1. The molecule has 88 valence electrons. The van der Waals surface area contributed by atoms with Crippen LogP contribution in [-0.2, 0) is 0 Å². The number of halogens is 1. The fourth-order valence-electron chi connectivity index (χ4n) is 2.01. The van der Waals surface area contributed by atoms with E-state index >= 15 is 0 Å². The van der Waals surface area contributed by atoms with Crippen LogP contribution in [0.3, 0.4) is 0 Å². The van der Waals surface area contributed by atoms with Crippen molar-refractivity contribution in [3.05, 3.63) is 65.2 Å². The molecule has 1 aromatic carbocycles. The molecular formula is C14H15FN2. The molecule has 0 aliphatic carbocycles. The van der Waals surface area contributed by atoms with Gasteiger partial charge in [0.05, 0.1) is 12.2 Å². The van der Waals surface area contributed by atoms with E-state index in [1.54, 1.807) is 12.3 Å². The van der Waals surface area contributed by atoms with E-state index in [0.29, 0.717) is 5.56 Å². The van der Waals surface area contributed by atoms with Gasteiger partial charge in [-0.1, -0.05) is 24.3 Å². The van der Waals surface area contributed by atoms with Crippen LogP contribution in [0.1, 0.15) is 22.7 Å². The van der Waals surface area contributed by atoms with Crippen LogP contribution in [0.5, 0.6) is 0 Å². The number of nitrogens with zero attached hydrogens (tertiary/aromatic N) is 1. The van der Waals surface area contributed by atoms with Crippen LogP contribution in [0.25, 0.3) is 0 Å². The molecular weight excluding hydrogens is 215 g/mol. The summed E-state index contributed by atoms with van der Waals surface area (Å²) in [5.74, 6) is -0.282. The molecule has 17 heavy (non-hydrogen) atoms. The summed E-state index contributed by atoms with van der Waals surface area (Å²) >= 11 is 0. The van der Waals surface area contributed by atoms with Crippen molar-refractivity contribution in [2.24, 2.45) is 0 Å². The summed E-state index contributed by atoms with van der Waals surface area (Å²) in [5, 5.41) is 3.15. The van der Waals surface area contributed by atoms with Crippen LogP contribution in [0.4, 0.5) is 4.39 Å². The van der Waals surface area contributed by atoms with Gasteiger partial charge in [-0.15, -0.1) is 0 Å². The Kier molecular flexibility index (Phi) is 3.49. The third-order valence-corrected chi connectivity index (χ3v) is 2.90. The van der Waals surface area contributed by atoms with Crippen molar-refractivity contribution < 1.29 is 4.39 Å². The zero-order valence-corrected chi connectivity index (χ0v) is 9.94. The maximum Gasteiger partial charge on any atom is 0.146 e. The van der Waals surface area contributed by atoms with E-state index in [1.807, 2.05) is 38.2 Å². The number of pyridine rings is 1. The number of rotatable bonds is 3. The summed E-state index contributed by atoms with van der Waals surface area (Å²) in [7, 11) is 1.83. The van der Waals surface area contributed by atoms with E-state index in [2.05, 4.69) is 10.3 Å². The average Bonchev–Trinajstić information content (AvgIpc) is 2.34. The zero-order valence-electron chi connectivity index (χ0n) is 9.94. The highest BCUT2D eigenvalue weighted by Gasteiger charge is 2.17. The quantitative estimate of drug-likeness (QED) is 0.877. The molecule has 0 aliphatic heterocycles. The minimum absolute atomic E-state index is 0.140. The van der Waals surface area contributed by atoms with E-state index < -0.39 is 0 Å². The second-order valence-electron chi connectivity index (χ2n) is 3.98. The van der Waals surface area contributed by atoms with Crippen molar-refractivity contribution in [2.45, 2.75) is 13.0 Å². The van der Waals surface area contributed by atoms with E-state index in [1.165, 1.54) is 6.20 Å². The van der Waals surface area contributed by atoms with Gasteiger partial charge in [-0.25, -0.2) is 4.39 Å². The molecule has 1 unspecified atom stereocenters. The van der Waals surface area contributed by atoms with Crippen molar-refractivity contribution in [2.75, 3.05) is 7.05 Å². The Morgan fingerprint density at radius 2 is 1.94 bits per heavy atom. The highest BCUT2D eigenvalue weighted by atomic mass is 19.1. The van der Waals surface area contributed by atoms with E-state index in [9.17, 15) is 4.39 Å². The Balaban J connectivity index is 2.48. The minimum atomic E-state index is -0.282. The summed E-state index contributed by atoms with van der Waals surface area (Å²) in [5.41, 5.74) is 2.85. The second-order valence-corrected chi connectivity index (χ2v) is 3.98. The van der Waals surface area contributed by atoms with Crippen molar-refractivity contribution in [1.82, 2.24) is 10.3 Å². The van der Waals surface area contributed by atoms with Crippen molar-refractivity contribution in [1.29, 1.82) is 0 Å². The number of aryl methyl sites for hydroxylation is 1. The highest BCUT2D eigenvalue weighted by Crippen LogP contribution is 2.25. The monoisotopic (exact) mass is 230 g/mol. The summed E-state index contributed by atoms with van der Waals surface area (Å²) in [4.78, 5) is 3.77. The normalized spacial score (nSPS) is 12.4. The van der Waals surface area contributed by atoms with Gasteiger partial charge in [-0.3, -0.25) is 4.98 Å². The lowest BCUT2D eigenvalue weighted by Crippen LogP contribution is -2.20. The standard InChI is InChI=1S/C14H15FN2/c1-10-5-3-4-6-11(10)14(16-2)12-7-8-17-9-13(12)15/h3-9,14,16H,1-2H3. The average molecular weight is 230 g/mol. The van der Waals surface area contributed by atoms with Crippen LogP contribution in [0.2, 0.25) is 0 Å². The SMILES string of the molecule is CNC(c1ccccc1C)c1ccncc1F. The Labute approximate surface area is 101 Å². The highest BCUT2D eigenvalue weighted by molar-refractivity contribution is 5.36. The summed E-state index contributed by atoms with van der Waals surface area (Å²) < 4.78 is 13.7. The second kappa shape index (κ2) is 5.06. The predicted octanol–water partition coefficient (Wildman–Crippen LogP) is 2.84.